The first-order chi connectivity index (χ1) is 8.90. The zero-order valence-corrected chi connectivity index (χ0v) is 11.0. The SMILES string of the molecule is C=C(C)C(=O)OCCC(F)(F)C(F)(F)OC(=O)C(=C)C. The smallest absolute Gasteiger partial charge is 0.462 e. The standard InChI is InChI=1S/C12H14F4O4/c1-7(2)9(17)19-6-5-11(13,14)12(15,16)20-10(18)8(3)4/h1,3,5-6H2,2,4H3. The number of carbonyl (C=O) groups excluding carboxylic acids is 2. The second-order valence-corrected chi connectivity index (χ2v) is 4.06. The van der Waals surface area contributed by atoms with Gasteiger partial charge in [0.25, 0.3) is 0 Å². The molecule has 0 saturated carbocycles. The predicted octanol–water partition coefficient (Wildman–Crippen LogP) is 2.84. The fraction of sp³-hybridized carbons (Fsp3) is 0.500. The van der Waals surface area contributed by atoms with Gasteiger partial charge < -0.3 is 9.47 Å². The summed E-state index contributed by atoms with van der Waals surface area (Å²) in [6.07, 6.45) is -6.54. The van der Waals surface area contributed by atoms with Gasteiger partial charge in [-0.15, -0.1) is 0 Å². The van der Waals surface area contributed by atoms with E-state index in [1.54, 1.807) is 0 Å². The van der Waals surface area contributed by atoms with E-state index in [1.807, 2.05) is 0 Å². The van der Waals surface area contributed by atoms with E-state index >= 15 is 0 Å². The van der Waals surface area contributed by atoms with Crippen molar-refractivity contribution >= 4 is 11.9 Å². The molecule has 0 unspecified atom stereocenters. The van der Waals surface area contributed by atoms with Crippen molar-refractivity contribution in [2.24, 2.45) is 0 Å². The van der Waals surface area contributed by atoms with Crippen molar-refractivity contribution in [2.75, 3.05) is 6.61 Å². The Kier molecular flexibility index (Phi) is 5.93. The molecule has 0 aliphatic carbocycles. The summed E-state index contributed by atoms with van der Waals surface area (Å²) in [7, 11) is 0. The molecule has 0 N–H and O–H groups in total. The van der Waals surface area contributed by atoms with Gasteiger partial charge in [0.2, 0.25) is 0 Å². The van der Waals surface area contributed by atoms with Crippen molar-refractivity contribution in [3.63, 3.8) is 0 Å². The molecule has 114 valence electrons. The quantitative estimate of drug-likeness (QED) is 0.412. The molecular formula is C12H14F4O4. The van der Waals surface area contributed by atoms with E-state index in [2.05, 4.69) is 22.6 Å². The Hall–Kier alpha value is -1.86. The van der Waals surface area contributed by atoms with Gasteiger partial charge in [-0.2, -0.15) is 17.6 Å². The van der Waals surface area contributed by atoms with E-state index in [9.17, 15) is 27.2 Å². The maximum Gasteiger partial charge on any atom is 0.466 e. The Labute approximate surface area is 113 Å². The lowest BCUT2D eigenvalue weighted by atomic mass is 10.2. The molecule has 0 fully saturated rings. The maximum absolute atomic E-state index is 13.2. The third-order valence-electron chi connectivity index (χ3n) is 1.99. The second kappa shape index (κ2) is 6.53. The molecule has 0 aromatic carbocycles. The van der Waals surface area contributed by atoms with Gasteiger partial charge in [0.1, 0.15) is 0 Å². The van der Waals surface area contributed by atoms with Gasteiger partial charge in [-0.05, 0) is 13.8 Å². The van der Waals surface area contributed by atoms with Crippen molar-refractivity contribution in [2.45, 2.75) is 32.3 Å². The summed E-state index contributed by atoms with van der Waals surface area (Å²) in [5.41, 5.74) is -0.511. The molecule has 0 radical (unpaired) electrons. The van der Waals surface area contributed by atoms with E-state index in [4.69, 9.17) is 0 Å². The van der Waals surface area contributed by atoms with Gasteiger partial charge >= 0.3 is 24.0 Å². The molecule has 0 spiro atoms. The van der Waals surface area contributed by atoms with Crippen LogP contribution in [0.1, 0.15) is 20.3 Å². The van der Waals surface area contributed by atoms with E-state index in [0.29, 0.717) is 0 Å². The monoisotopic (exact) mass is 298 g/mol. The molecular weight excluding hydrogens is 284 g/mol. The highest BCUT2D eigenvalue weighted by Crippen LogP contribution is 2.38. The number of esters is 2. The van der Waals surface area contributed by atoms with Crippen LogP contribution in [0.25, 0.3) is 0 Å². The van der Waals surface area contributed by atoms with Gasteiger partial charge in [0.05, 0.1) is 13.0 Å². The summed E-state index contributed by atoms with van der Waals surface area (Å²) in [6.45, 7) is 7.51. The molecule has 0 aromatic rings. The minimum absolute atomic E-state index is 0.0613. The lowest BCUT2D eigenvalue weighted by Gasteiger charge is -2.25. The highest BCUT2D eigenvalue weighted by molar-refractivity contribution is 5.87. The molecule has 0 amide bonds. The van der Waals surface area contributed by atoms with Crippen LogP contribution in [0.15, 0.2) is 24.3 Å². The summed E-state index contributed by atoms with van der Waals surface area (Å²) in [4.78, 5) is 21.7. The van der Waals surface area contributed by atoms with E-state index in [1.165, 1.54) is 6.92 Å². The average molecular weight is 298 g/mol. The number of ether oxygens (including phenoxy) is 2. The Morgan fingerprint density at radius 1 is 1.00 bits per heavy atom. The number of alkyl halides is 4. The van der Waals surface area contributed by atoms with Crippen molar-refractivity contribution in [3.05, 3.63) is 24.3 Å². The number of carbonyl (C=O) groups is 2. The minimum Gasteiger partial charge on any atom is -0.462 e. The normalized spacial score (nSPS) is 11.7. The molecule has 0 bridgehead atoms. The Bertz CT molecular complexity index is 429. The molecule has 20 heavy (non-hydrogen) atoms. The molecule has 0 aromatic heterocycles. The van der Waals surface area contributed by atoms with Crippen LogP contribution < -0.4 is 0 Å². The van der Waals surface area contributed by atoms with Gasteiger partial charge in [-0.3, -0.25) is 0 Å². The maximum atomic E-state index is 13.2. The Balaban J connectivity index is 4.60. The zero-order valence-electron chi connectivity index (χ0n) is 11.0. The summed E-state index contributed by atoms with van der Waals surface area (Å²) in [6, 6.07) is 0. The van der Waals surface area contributed by atoms with Crippen LogP contribution in [-0.2, 0) is 19.1 Å². The van der Waals surface area contributed by atoms with Crippen LogP contribution in [0, 0.1) is 0 Å². The van der Waals surface area contributed by atoms with Crippen LogP contribution >= 0.6 is 0 Å². The lowest BCUT2D eigenvalue weighted by molar-refractivity contribution is -0.332. The van der Waals surface area contributed by atoms with Crippen LogP contribution in [0.5, 0.6) is 0 Å². The highest BCUT2D eigenvalue weighted by atomic mass is 19.3. The van der Waals surface area contributed by atoms with Crippen LogP contribution in [-0.4, -0.2) is 30.6 Å². The van der Waals surface area contributed by atoms with Gasteiger partial charge in [-0.1, -0.05) is 13.2 Å². The predicted molar refractivity (Wildman–Crippen MR) is 61.2 cm³/mol. The molecule has 0 atom stereocenters. The summed E-state index contributed by atoms with van der Waals surface area (Å²) < 4.78 is 60.3. The molecule has 0 aliphatic rings. The van der Waals surface area contributed by atoms with Crippen molar-refractivity contribution < 1.29 is 36.6 Å². The molecule has 0 heterocycles. The highest BCUT2D eigenvalue weighted by Gasteiger charge is 2.60. The van der Waals surface area contributed by atoms with Crippen LogP contribution in [0.4, 0.5) is 17.6 Å². The largest absolute Gasteiger partial charge is 0.466 e. The third-order valence-corrected chi connectivity index (χ3v) is 1.99. The van der Waals surface area contributed by atoms with Gasteiger partial charge in [-0.25, -0.2) is 9.59 Å². The second-order valence-electron chi connectivity index (χ2n) is 4.06. The summed E-state index contributed by atoms with van der Waals surface area (Å²) in [5.74, 6) is -7.32. The topological polar surface area (TPSA) is 52.6 Å². The van der Waals surface area contributed by atoms with Crippen molar-refractivity contribution in [1.82, 2.24) is 0 Å². The molecule has 0 rings (SSSR count). The number of hydrogen-bond acceptors (Lipinski definition) is 4. The van der Waals surface area contributed by atoms with E-state index in [0.717, 1.165) is 6.92 Å². The lowest BCUT2D eigenvalue weighted by Crippen LogP contribution is -2.45. The van der Waals surface area contributed by atoms with Gasteiger partial charge in [0.15, 0.2) is 0 Å². The number of hydrogen-bond donors (Lipinski definition) is 0. The number of rotatable bonds is 7. The molecule has 8 heteroatoms. The first-order valence-electron chi connectivity index (χ1n) is 5.38. The van der Waals surface area contributed by atoms with Crippen LogP contribution in [0.3, 0.4) is 0 Å². The molecule has 0 aliphatic heterocycles. The molecule has 4 nitrogen and oxygen atoms in total. The van der Waals surface area contributed by atoms with Crippen molar-refractivity contribution in [3.8, 4) is 0 Å². The summed E-state index contributed by atoms with van der Waals surface area (Å²) in [5, 5.41) is 0. The first kappa shape index (κ1) is 18.1. The van der Waals surface area contributed by atoms with E-state index in [-0.39, 0.29) is 5.57 Å². The minimum atomic E-state index is -5.03. The molecule has 0 saturated heterocycles. The third kappa shape index (κ3) is 5.02. The van der Waals surface area contributed by atoms with Crippen molar-refractivity contribution in [1.29, 1.82) is 0 Å². The van der Waals surface area contributed by atoms with Crippen LogP contribution in [0.2, 0.25) is 0 Å². The Morgan fingerprint density at radius 3 is 1.85 bits per heavy atom. The zero-order chi connectivity index (χ0) is 16.1. The Morgan fingerprint density at radius 2 is 1.45 bits per heavy atom. The fourth-order valence-corrected chi connectivity index (χ4v) is 0.819. The summed E-state index contributed by atoms with van der Waals surface area (Å²) >= 11 is 0. The first-order valence-corrected chi connectivity index (χ1v) is 5.38. The number of halogens is 4. The van der Waals surface area contributed by atoms with E-state index < -0.39 is 42.6 Å². The fourth-order valence-electron chi connectivity index (χ4n) is 0.819. The van der Waals surface area contributed by atoms with Gasteiger partial charge in [0, 0.05) is 11.1 Å². The average Bonchev–Trinajstić information content (AvgIpc) is 2.27.